The number of rotatable bonds is 3. The molecule has 5 heteroatoms. The monoisotopic (exact) mass is 253 g/mol. The third-order valence-corrected chi connectivity index (χ3v) is 4.65. The first kappa shape index (κ1) is 12.3. The third kappa shape index (κ3) is 2.41. The summed E-state index contributed by atoms with van der Waals surface area (Å²) in [4.78, 5) is 0.302. The lowest BCUT2D eigenvalue weighted by Crippen LogP contribution is -2.29. The van der Waals surface area contributed by atoms with Crippen molar-refractivity contribution in [1.29, 1.82) is 0 Å². The molecule has 0 aliphatic carbocycles. The molecule has 2 rings (SSSR count). The molecular weight excluding hydrogens is 238 g/mol. The van der Waals surface area contributed by atoms with Gasteiger partial charge < -0.3 is 5.11 Å². The van der Waals surface area contributed by atoms with Crippen LogP contribution in [0.4, 0.5) is 0 Å². The zero-order chi connectivity index (χ0) is 12.5. The summed E-state index contributed by atoms with van der Waals surface area (Å²) in [5.41, 5.74) is 1.78. The van der Waals surface area contributed by atoms with Crippen LogP contribution in [0, 0.1) is 6.92 Å². The zero-order valence-corrected chi connectivity index (χ0v) is 10.4. The third-order valence-electron chi connectivity index (χ3n) is 2.82. The number of aliphatic hydroxyl groups excluding tert-OH is 1. The highest BCUT2D eigenvalue weighted by Gasteiger charge is 2.27. The van der Waals surface area contributed by atoms with Crippen molar-refractivity contribution < 1.29 is 13.5 Å². The van der Waals surface area contributed by atoms with Gasteiger partial charge in [0.1, 0.15) is 0 Å². The highest BCUT2D eigenvalue weighted by Crippen LogP contribution is 2.20. The van der Waals surface area contributed by atoms with Gasteiger partial charge in [0.2, 0.25) is 10.0 Å². The second-order valence-corrected chi connectivity index (χ2v) is 6.07. The van der Waals surface area contributed by atoms with Crippen molar-refractivity contribution in [1.82, 2.24) is 4.31 Å². The van der Waals surface area contributed by atoms with E-state index < -0.39 is 10.0 Å². The van der Waals surface area contributed by atoms with Crippen LogP contribution in [0.3, 0.4) is 0 Å². The maximum Gasteiger partial charge on any atom is 0.243 e. The van der Waals surface area contributed by atoms with Gasteiger partial charge in [-0.1, -0.05) is 23.8 Å². The summed E-state index contributed by atoms with van der Waals surface area (Å²) in [6.45, 7) is 2.45. The smallest absolute Gasteiger partial charge is 0.243 e. The maximum atomic E-state index is 12.2. The van der Waals surface area contributed by atoms with E-state index in [2.05, 4.69) is 0 Å². The minimum absolute atomic E-state index is 0.0834. The molecular formula is C12H15NO3S. The van der Waals surface area contributed by atoms with Crippen molar-refractivity contribution in [2.75, 3.05) is 19.7 Å². The quantitative estimate of drug-likeness (QED) is 0.815. The van der Waals surface area contributed by atoms with Gasteiger partial charge in [-0.3, -0.25) is 0 Å². The first-order valence-electron chi connectivity index (χ1n) is 5.39. The predicted molar refractivity (Wildman–Crippen MR) is 65.1 cm³/mol. The first-order valence-corrected chi connectivity index (χ1v) is 6.83. The predicted octanol–water partition coefficient (Wildman–Crippen LogP) is 0.918. The molecule has 0 saturated carbocycles. The summed E-state index contributed by atoms with van der Waals surface area (Å²) < 4.78 is 25.8. The molecule has 1 aliphatic rings. The molecule has 0 aromatic heterocycles. The van der Waals surface area contributed by atoms with E-state index in [9.17, 15) is 8.42 Å². The van der Waals surface area contributed by atoms with Crippen LogP contribution in [0.5, 0.6) is 0 Å². The molecule has 1 aliphatic heterocycles. The number of hydrogen-bond acceptors (Lipinski definition) is 3. The summed E-state index contributed by atoms with van der Waals surface area (Å²) in [7, 11) is -3.43. The van der Waals surface area contributed by atoms with E-state index in [-0.39, 0.29) is 13.2 Å². The lowest BCUT2D eigenvalue weighted by atomic mass is 10.2. The van der Waals surface area contributed by atoms with Crippen LogP contribution in [-0.2, 0) is 10.0 Å². The van der Waals surface area contributed by atoms with Crippen molar-refractivity contribution in [2.45, 2.75) is 11.8 Å². The van der Waals surface area contributed by atoms with E-state index >= 15 is 0 Å². The Kier molecular flexibility index (Phi) is 3.33. The van der Waals surface area contributed by atoms with Crippen molar-refractivity contribution in [2.24, 2.45) is 0 Å². The SMILES string of the molecule is Cc1ccc(S(=O)(=O)N2CC=C(CO)C2)cc1. The van der Waals surface area contributed by atoms with Gasteiger partial charge in [-0.25, -0.2) is 8.42 Å². The minimum Gasteiger partial charge on any atom is -0.392 e. The average Bonchev–Trinajstić information content (AvgIpc) is 2.78. The maximum absolute atomic E-state index is 12.2. The molecule has 4 nitrogen and oxygen atoms in total. The normalized spacial score (nSPS) is 17.2. The molecule has 0 bridgehead atoms. The highest BCUT2D eigenvalue weighted by molar-refractivity contribution is 7.89. The van der Waals surface area contributed by atoms with Gasteiger partial charge in [0.25, 0.3) is 0 Å². The number of aryl methyl sites for hydroxylation is 1. The molecule has 1 N–H and O–H groups in total. The number of nitrogens with zero attached hydrogens (tertiary/aromatic N) is 1. The topological polar surface area (TPSA) is 57.6 Å². The molecule has 0 amide bonds. The number of hydrogen-bond donors (Lipinski definition) is 1. The van der Waals surface area contributed by atoms with E-state index in [1.807, 2.05) is 6.92 Å². The highest BCUT2D eigenvalue weighted by atomic mass is 32.2. The van der Waals surface area contributed by atoms with Crippen molar-refractivity contribution >= 4 is 10.0 Å². The molecule has 17 heavy (non-hydrogen) atoms. The van der Waals surface area contributed by atoms with E-state index in [1.165, 1.54) is 4.31 Å². The lowest BCUT2D eigenvalue weighted by Gasteiger charge is -2.16. The number of aliphatic hydroxyl groups is 1. The molecule has 0 saturated heterocycles. The Balaban J connectivity index is 2.24. The van der Waals surface area contributed by atoms with Crippen molar-refractivity contribution in [3.05, 3.63) is 41.5 Å². The van der Waals surface area contributed by atoms with Gasteiger partial charge in [-0.15, -0.1) is 0 Å². The lowest BCUT2D eigenvalue weighted by molar-refractivity contribution is 0.325. The average molecular weight is 253 g/mol. The standard InChI is InChI=1S/C12H15NO3S/c1-10-2-4-12(5-3-10)17(15,16)13-7-6-11(8-13)9-14/h2-6,14H,7-9H2,1H3. The first-order chi connectivity index (χ1) is 8.04. The molecule has 0 spiro atoms. The molecule has 0 radical (unpaired) electrons. The van der Waals surface area contributed by atoms with Gasteiger partial charge in [0.05, 0.1) is 11.5 Å². The largest absolute Gasteiger partial charge is 0.392 e. The fourth-order valence-corrected chi connectivity index (χ4v) is 3.13. The molecule has 0 atom stereocenters. The Morgan fingerprint density at radius 1 is 1.29 bits per heavy atom. The summed E-state index contributed by atoms with van der Waals surface area (Å²) in [6, 6.07) is 6.79. The Hall–Kier alpha value is -1.17. The van der Waals surface area contributed by atoms with Crippen LogP contribution in [-0.4, -0.2) is 37.5 Å². The van der Waals surface area contributed by atoms with Crippen LogP contribution in [0.1, 0.15) is 5.56 Å². The van der Waals surface area contributed by atoms with Gasteiger partial charge in [0.15, 0.2) is 0 Å². The van der Waals surface area contributed by atoms with Crippen molar-refractivity contribution in [3.8, 4) is 0 Å². The molecule has 1 heterocycles. The second kappa shape index (κ2) is 4.60. The fourth-order valence-electron chi connectivity index (χ4n) is 1.74. The van der Waals surface area contributed by atoms with E-state index in [4.69, 9.17) is 5.11 Å². The fraction of sp³-hybridized carbons (Fsp3) is 0.333. The van der Waals surface area contributed by atoms with Crippen LogP contribution >= 0.6 is 0 Å². The molecule has 0 fully saturated rings. The number of benzene rings is 1. The van der Waals surface area contributed by atoms with Gasteiger partial charge in [-0.05, 0) is 24.6 Å². The van der Waals surface area contributed by atoms with Crippen LogP contribution < -0.4 is 0 Å². The Labute approximate surface area is 101 Å². The van der Waals surface area contributed by atoms with Crippen LogP contribution in [0.15, 0.2) is 40.8 Å². The van der Waals surface area contributed by atoms with Crippen LogP contribution in [0.25, 0.3) is 0 Å². The molecule has 1 aromatic carbocycles. The van der Waals surface area contributed by atoms with E-state index in [0.29, 0.717) is 11.4 Å². The Bertz CT molecular complexity index is 531. The van der Waals surface area contributed by atoms with E-state index in [1.54, 1.807) is 30.3 Å². The zero-order valence-electron chi connectivity index (χ0n) is 9.63. The minimum atomic E-state index is -3.43. The van der Waals surface area contributed by atoms with Gasteiger partial charge in [-0.2, -0.15) is 4.31 Å². The van der Waals surface area contributed by atoms with E-state index in [0.717, 1.165) is 11.1 Å². The summed E-state index contributed by atoms with van der Waals surface area (Å²) >= 11 is 0. The molecule has 1 aromatic rings. The summed E-state index contributed by atoms with van der Waals surface area (Å²) in [5.74, 6) is 0. The molecule has 0 unspecified atom stereocenters. The van der Waals surface area contributed by atoms with Gasteiger partial charge in [0, 0.05) is 13.1 Å². The molecule has 92 valence electrons. The summed E-state index contributed by atoms with van der Waals surface area (Å²) in [5, 5.41) is 8.97. The van der Waals surface area contributed by atoms with Gasteiger partial charge >= 0.3 is 0 Å². The second-order valence-electron chi connectivity index (χ2n) is 4.13. The van der Waals surface area contributed by atoms with Crippen molar-refractivity contribution in [3.63, 3.8) is 0 Å². The number of sulfonamides is 1. The Morgan fingerprint density at radius 2 is 1.94 bits per heavy atom. The van der Waals surface area contributed by atoms with Crippen LogP contribution in [0.2, 0.25) is 0 Å². The summed E-state index contributed by atoms with van der Waals surface area (Å²) in [6.07, 6.45) is 1.76. The Morgan fingerprint density at radius 3 is 2.47 bits per heavy atom.